The highest BCUT2D eigenvalue weighted by Crippen LogP contribution is 2.43. The number of benzene rings is 2. The summed E-state index contributed by atoms with van der Waals surface area (Å²) in [6.07, 6.45) is 5.93. The average molecular weight is 564 g/mol. The molecule has 2 unspecified atom stereocenters. The molecular weight excluding hydrogens is 522 g/mol. The molecule has 0 aliphatic carbocycles. The lowest BCUT2D eigenvalue weighted by Gasteiger charge is -2.50. The van der Waals surface area contributed by atoms with Crippen molar-refractivity contribution in [2.75, 3.05) is 26.8 Å². The van der Waals surface area contributed by atoms with Gasteiger partial charge in [-0.1, -0.05) is 50.8 Å². The molecule has 218 valence electrons. The number of fused-ring (bicyclic) bond motifs is 5. The zero-order chi connectivity index (χ0) is 29.4. The Morgan fingerprint density at radius 1 is 1.10 bits per heavy atom. The number of aliphatic hydroxyl groups excluding tert-OH is 1. The molecule has 42 heavy (non-hydrogen) atoms. The fourth-order valence-electron chi connectivity index (χ4n) is 6.93. The molecule has 7 rings (SSSR count). The van der Waals surface area contributed by atoms with Crippen LogP contribution in [-0.4, -0.2) is 52.8 Å². The van der Waals surface area contributed by atoms with Gasteiger partial charge in [0.15, 0.2) is 0 Å². The topological polar surface area (TPSA) is 67.7 Å². The van der Waals surface area contributed by atoms with E-state index < -0.39 is 6.10 Å². The third-order valence-corrected chi connectivity index (χ3v) is 9.03. The maximum atomic E-state index is 12.1. The Bertz CT molecular complexity index is 1630. The molecule has 3 aliphatic heterocycles. The Morgan fingerprint density at radius 3 is 2.64 bits per heavy atom. The van der Waals surface area contributed by atoms with Crippen molar-refractivity contribution >= 4 is 27.9 Å². The summed E-state index contributed by atoms with van der Waals surface area (Å²) in [5, 5.41) is 14.1. The van der Waals surface area contributed by atoms with E-state index in [1.807, 2.05) is 42.5 Å². The normalized spacial score (nSPS) is 22.4. The number of hydrogen-bond donors (Lipinski definition) is 1. The largest absolute Gasteiger partial charge is 0.496 e. The summed E-state index contributed by atoms with van der Waals surface area (Å²) in [7, 11) is 1.67. The molecule has 5 atom stereocenters. The smallest absolute Gasteiger partial charge is 0.214 e. The van der Waals surface area contributed by atoms with Crippen LogP contribution in [0.15, 0.2) is 67.8 Å². The van der Waals surface area contributed by atoms with Crippen LogP contribution in [0.25, 0.3) is 27.9 Å². The Morgan fingerprint density at radius 2 is 1.93 bits per heavy atom. The fourth-order valence-corrected chi connectivity index (χ4v) is 6.93. The molecule has 3 fully saturated rings. The second-order valence-corrected chi connectivity index (χ2v) is 12.2. The molecule has 4 aromatic rings. The van der Waals surface area contributed by atoms with Crippen molar-refractivity contribution in [3.05, 3.63) is 90.1 Å². The number of rotatable bonds is 10. The van der Waals surface area contributed by atoms with Crippen molar-refractivity contribution in [1.29, 1.82) is 0 Å². The minimum absolute atomic E-state index is 0.0417. The van der Waals surface area contributed by atoms with Crippen LogP contribution in [0.1, 0.15) is 55.2 Å². The van der Waals surface area contributed by atoms with Gasteiger partial charge in [0.25, 0.3) is 0 Å². The first-order chi connectivity index (χ1) is 20.4. The van der Waals surface area contributed by atoms with E-state index in [9.17, 15) is 5.11 Å². The van der Waals surface area contributed by atoms with E-state index in [1.165, 1.54) is 0 Å². The van der Waals surface area contributed by atoms with Gasteiger partial charge in [-0.25, -0.2) is 4.98 Å². The molecule has 6 nitrogen and oxygen atoms in total. The lowest BCUT2D eigenvalue weighted by atomic mass is 9.73. The molecule has 6 heteroatoms. The molecule has 0 amide bonds. The van der Waals surface area contributed by atoms with Gasteiger partial charge < -0.3 is 14.6 Å². The molecule has 0 spiro atoms. The van der Waals surface area contributed by atoms with Crippen LogP contribution < -0.4 is 9.47 Å². The number of piperidine rings is 3. The van der Waals surface area contributed by atoms with Crippen LogP contribution in [0.4, 0.5) is 0 Å². The van der Waals surface area contributed by atoms with E-state index in [-0.39, 0.29) is 6.04 Å². The predicted octanol–water partition coefficient (Wildman–Crippen LogP) is 6.99. The zero-order valence-electron chi connectivity index (χ0n) is 24.9. The van der Waals surface area contributed by atoms with Crippen LogP contribution in [-0.2, 0) is 6.42 Å². The lowest BCUT2D eigenvalue weighted by molar-refractivity contribution is -0.0445. The van der Waals surface area contributed by atoms with Crippen molar-refractivity contribution < 1.29 is 14.6 Å². The minimum atomic E-state index is -0.673. The molecule has 5 heterocycles. The highest BCUT2D eigenvalue weighted by atomic mass is 16.5. The Balaban J connectivity index is 1.46. The number of aliphatic hydroxyl groups is 1. The molecule has 1 N–H and O–H groups in total. The second kappa shape index (κ2) is 11.9. The third kappa shape index (κ3) is 5.30. The lowest BCUT2D eigenvalue weighted by Crippen LogP contribution is -2.54. The summed E-state index contributed by atoms with van der Waals surface area (Å²) in [5.74, 6) is 2.80. The summed E-state index contributed by atoms with van der Waals surface area (Å²) in [6, 6.07) is 16.3. The van der Waals surface area contributed by atoms with Crippen molar-refractivity contribution in [2.24, 2.45) is 17.8 Å². The SMILES string of the molecule is C=Cc1c(OC)ccc2nc(Cc3cc(OCC(C)C)nc4ccccc34)cc([C@@H](O)[C@@H]3CC4CCN3C[C@@H]4C=C)c12. The second-order valence-electron chi connectivity index (χ2n) is 12.2. The fraction of sp³-hybridized carbons (Fsp3) is 0.389. The van der Waals surface area contributed by atoms with Gasteiger partial charge >= 0.3 is 0 Å². The molecule has 2 aromatic carbocycles. The summed E-state index contributed by atoms with van der Waals surface area (Å²) >= 11 is 0. The van der Waals surface area contributed by atoms with Crippen LogP contribution in [0, 0.1) is 17.8 Å². The summed E-state index contributed by atoms with van der Waals surface area (Å²) < 4.78 is 11.8. The van der Waals surface area contributed by atoms with Gasteiger partial charge in [0.1, 0.15) is 5.75 Å². The van der Waals surface area contributed by atoms with Crippen LogP contribution in [0.3, 0.4) is 0 Å². The van der Waals surface area contributed by atoms with Crippen molar-refractivity contribution in [3.63, 3.8) is 0 Å². The number of ether oxygens (including phenoxy) is 2. The van der Waals surface area contributed by atoms with Crippen molar-refractivity contribution in [2.45, 2.75) is 45.3 Å². The molecule has 2 bridgehead atoms. The van der Waals surface area contributed by atoms with E-state index in [4.69, 9.17) is 19.4 Å². The third-order valence-electron chi connectivity index (χ3n) is 9.03. The molecule has 3 aliphatic rings. The van der Waals surface area contributed by atoms with Crippen LogP contribution in [0.5, 0.6) is 11.6 Å². The van der Waals surface area contributed by atoms with E-state index in [2.05, 4.69) is 50.1 Å². The van der Waals surface area contributed by atoms with Crippen molar-refractivity contribution in [1.82, 2.24) is 14.9 Å². The highest BCUT2D eigenvalue weighted by Gasteiger charge is 2.42. The monoisotopic (exact) mass is 563 g/mol. The number of pyridine rings is 2. The first kappa shape index (κ1) is 28.4. The molecule has 0 radical (unpaired) electrons. The number of methoxy groups -OCH3 is 1. The summed E-state index contributed by atoms with van der Waals surface area (Å²) in [5.41, 5.74) is 5.46. The van der Waals surface area contributed by atoms with Gasteiger partial charge in [-0.05, 0) is 72.5 Å². The number of para-hydroxylation sites is 1. The molecule has 2 aromatic heterocycles. The first-order valence-corrected chi connectivity index (χ1v) is 15.1. The minimum Gasteiger partial charge on any atom is -0.496 e. The van der Waals surface area contributed by atoms with Gasteiger partial charge in [0, 0.05) is 47.1 Å². The summed E-state index contributed by atoms with van der Waals surface area (Å²) in [4.78, 5) is 12.3. The Labute approximate surface area is 248 Å². The predicted molar refractivity (Wildman–Crippen MR) is 170 cm³/mol. The van der Waals surface area contributed by atoms with Gasteiger partial charge in [0.2, 0.25) is 5.88 Å². The highest BCUT2D eigenvalue weighted by molar-refractivity contribution is 5.94. The Kier molecular flexibility index (Phi) is 8.02. The van der Waals surface area contributed by atoms with Gasteiger partial charge in [-0.3, -0.25) is 9.88 Å². The standard InChI is InChI=1S/C36H41N3O3/c1-6-23-20-39-15-14-24(23)17-32(39)36(40)29-19-26(37-31-12-13-33(41-5)27(7-2)35(29)31)16-25-18-34(42-21-22(3)4)38-30-11-9-8-10-28(25)30/h6-13,18-19,22-24,32,36,40H,1-2,14-17,20-21H2,3-5H3/t23-,24?,32-,36+/m0/s1. The van der Waals surface area contributed by atoms with Crippen LogP contribution >= 0.6 is 0 Å². The quantitative estimate of drug-likeness (QED) is 0.210. The number of nitrogens with zero attached hydrogens (tertiary/aromatic N) is 3. The molecular formula is C36H41N3O3. The summed E-state index contributed by atoms with van der Waals surface area (Å²) in [6.45, 7) is 15.0. The van der Waals surface area contributed by atoms with Gasteiger partial charge in [-0.15, -0.1) is 6.58 Å². The van der Waals surface area contributed by atoms with E-state index in [0.717, 1.165) is 75.9 Å². The van der Waals surface area contributed by atoms with E-state index in [0.29, 0.717) is 36.7 Å². The number of hydrogen-bond acceptors (Lipinski definition) is 6. The van der Waals surface area contributed by atoms with E-state index >= 15 is 0 Å². The van der Waals surface area contributed by atoms with Gasteiger partial charge in [0.05, 0.1) is 30.9 Å². The van der Waals surface area contributed by atoms with Crippen molar-refractivity contribution in [3.8, 4) is 11.6 Å². The Hall–Kier alpha value is -3.74. The zero-order valence-corrected chi connectivity index (χ0v) is 24.9. The van der Waals surface area contributed by atoms with Gasteiger partial charge in [-0.2, -0.15) is 0 Å². The maximum absolute atomic E-state index is 12.1. The molecule has 3 saturated heterocycles. The first-order valence-electron chi connectivity index (χ1n) is 15.1. The average Bonchev–Trinajstić information content (AvgIpc) is 3.02. The maximum Gasteiger partial charge on any atom is 0.214 e. The number of aromatic nitrogens is 2. The molecule has 0 saturated carbocycles. The van der Waals surface area contributed by atoms with E-state index in [1.54, 1.807) is 7.11 Å². The van der Waals surface area contributed by atoms with Crippen LogP contribution in [0.2, 0.25) is 0 Å².